The molecule has 2 amide bonds. The highest BCUT2D eigenvalue weighted by Crippen LogP contribution is 2.45. The van der Waals surface area contributed by atoms with Crippen LogP contribution in [-0.2, 0) is 6.42 Å². The number of amides is 2. The summed E-state index contributed by atoms with van der Waals surface area (Å²) in [6, 6.07) is 16.4. The van der Waals surface area contributed by atoms with Gasteiger partial charge in [0.25, 0.3) is 11.8 Å². The van der Waals surface area contributed by atoms with Crippen LogP contribution in [0.15, 0.2) is 67.0 Å². The van der Waals surface area contributed by atoms with Crippen LogP contribution in [0, 0.1) is 0 Å². The molecule has 0 saturated heterocycles. The molecule has 6 nitrogen and oxygen atoms in total. The molecule has 32 heavy (non-hydrogen) atoms. The third kappa shape index (κ3) is 4.32. The molecule has 0 spiro atoms. The lowest BCUT2D eigenvalue weighted by Gasteiger charge is -2.16. The van der Waals surface area contributed by atoms with Crippen LogP contribution in [0.1, 0.15) is 43.3 Å². The average molecular weight is 433 g/mol. The Balaban J connectivity index is 1.66. The van der Waals surface area contributed by atoms with E-state index in [1.54, 1.807) is 18.5 Å². The first-order valence-corrected chi connectivity index (χ1v) is 10.5. The zero-order valence-electron chi connectivity index (χ0n) is 17.7. The third-order valence-electron chi connectivity index (χ3n) is 5.59. The zero-order chi connectivity index (χ0) is 22.5. The molecule has 2 heterocycles. The van der Waals surface area contributed by atoms with Gasteiger partial charge < -0.3 is 15.4 Å². The van der Waals surface area contributed by atoms with Gasteiger partial charge in [-0.25, -0.2) is 4.39 Å². The maximum Gasteiger partial charge on any atom is 0.254 e. The Hall–Kier alpha value is -3.74. The molecule has 2 N–H and O–H groups in total. The van der Waals surface area contributed by atoms with Crippen molar-refractivity contribution in [2.24, 2.45) is 0 Å². The molecular weight excluding hydrogens is 409 g/mol. The average Bonchev–Trinajstić information content (AvgIpc) is 3.22. The van der Waals surface area contributed by atoms with Gasteiger partial charge in [-0.15, -0.1) is 0 Å². The van der Waals surface area contributed by atoms with Crippen molar-refractivity contribution in [3.8, 4) is 5.75 Å². The first-order chi connectivity index (χ1) is 15.6. The van der Waals surface area contributed by atoms with E-state index >= 15 is 0 Å². The summed E-state index contributed by atoms with van der Waals surface area (Å²) in [6.07, 6.45) is 3.30. The molecule has 164 valence electrons. The van der Waals surface area contributed by atoms with E-state index in [2.05, 4.69) is 15.6 Å². The first kappa shape index (κ1) is 21.5. The molecule has 4 rings (SSSR count). The maximum absolute atomic E-state index is 13.9. The number of rotatable bonds is 7. The summed E-state index contributed by atoms with van der Waals surface area (Å²) in [5.41, 5.74) is 3.12. The monoisotopic (exact) mass is 433 g/mol. The highest BCUT2D eigenvalue weighted by atomic mass is 19.1. The second-order valence-electron chi connectivity index (χ2n) is 7.58. The molecule has 0 aliphatic carbocycles. The van der Waals surface area contributed by atoms with Crippen molar-refractivity contribution in [1.29, 1.82) is 0 Å². The largest absolute Gasteiger partial charge is 0.486 e. The number of ether oxygens (including phenoxy) is 1. The molecule has 0 radical (unpaired) electrons. The van der Waals surface area contributed by atoms with Gasteiger partial charge in [-0.05, 0) is 41.8 Å². The van der Waals surface area contributed by atoms with Crippen molar-refractivity contribution in [3.63, 3.8) is 0 Å². The lowest BCUT2D eigenvalue weighted by atomic mass is 9.86. The molecular formula is C25H24FN3O3. The summed E-state index contributed by atoms with van der Waals surface area (Å²) in [6.45, 7) is -0.282. The summed E-state index contributed by atoms with van der Waals surface area (Å²) < 4.78 is 19.8. The molecule has 0 fully saturated rings. The second-order valence-corrected chi connectivity index (χ2v) is 7.58. The lowest BCUT2D eigenvalue weighted by Crippen LogP contribution is -2.27. The first-order valence-electron chi connectivity index (χ1n) is 10.5. The Morgan fingerprint density at radius 2 is 1.81 bits per heavy atom. The van der Waals surface area contributed by atoms with E-state index in [9.17, 15) is 14.0 Å². The van der Waals surface area contributed by atoms with E-state index in [1.165, 1.54) is 13.1 Å². The number of nitrogens with zero attached hydrogens (tertiary/aromatic N) is 1. The van der Waals surface area contributed by atoms with E-state index in [0.29, 0.717) is 29.8 Å². The predicted molar refractivity (Wildman–Crippen MR) is 119 cm³/mol. The van der Waals surface area contributed by atoms with E-state index in [0.717, 1.165) is 11.1 Å². The topological polar surface area (TPSA) is 80.3 Å². The van der Waals surface area contributed by atoms with Crippen LogP contribution >= 0.6 is 0 Å². The molecule has 1 aromatic heterocycles. The van der Waals surface area contributed by atoms with Crippen molar-refractivity contribution in [3.05, 3.63) is 94.8 Å². The van der Waals surface area contributed by atoms with E-state index in [-0.39, 0.29) is 17.4 Å². The SMILES string of the molecule is CNC(=O)c1cc(C(=O)NCCc2ccncc2)cc2c1O[C@@H](CF)[C@@H]2c1ccccc1. The smallest absolute Gasteiger partial charge is 0.254 e. The zero-order valence-corrected chi connectivity index (χ0v) is 17.7. The fraction of sp³-hybridized carbons (Fsp3) is 0.240. The normalized spacial score (nSPS) is 16.7. The summed E-state index contributed by atoms with van der Waals surface area (Å²) in [7, 11) is 1.51. The van der Waals surface area contributed by atoms with Gasteiger partial charge in [0.2, 0.25) is 0 Å². The van der Waals surface area contributed by atoms with Crippen molar-refractivity contribution in [1.82, 2.24) is 15.6 Å². The molecule has 1 aliphatic rings. The quantitative estimate of drug-likeness (QED) is 0.599. The summed E-state index contributed by atoms with van der Waals surface area (Å²) in [5, 5.41) is 5.48. The standard InChI is InChI=1S/C25H24FN3O3/c1-27-25(31)20-14-18(24(30)29-12-9-16-7-10-28-11-8-16)13-19-22(17-5-3-2-4-6-17)21(15-26)32-23(19)20/h2-8,10-11,13-14,21-22H,9,12,15H2,1H3,(H,27,31)(H,29,30)/t21-,22+/m0/s1. The number of nitrogens with one attached hydrogen (secondary N) is 2. The number of pyridine rings is 1. The van der Waals surface area contributed by atoms with Crippen LogP contribution in [0.5, 0.6) is 5.75 Å². The Morgan fingerprint density at radius 3 is 2.50 bits per heavy atom. The molecule has 2 atom stereocenters. The minimum absolute atomic E-state index is 0.223. The van der Waals surface area contributed by atoms with Gasteiger partial charge in [0.05, 0.1) is 11.5 Å². The molecule has 3 aromatic rings. The fourth-order valence-electron chi connectivity index (χ4n) is 4.01. The number of halogens is 1. The number of aromatic nitrogens is 1. The van der Waals surface area contributed by atoms with Crippen LogP contribution in [0.25, 0.3) is 0 Å². The number of carbonyl (C=O) groups excluding carboxylic acids is 2. The fourth-order valence-corrected chi connectivity index (χ4v) is 4.01. The molecule has 1 aliphatic heterocycles. The van der Waals surface area contributed by atoms with E-state index in [1.807, 2.05) is 42.5 Å². The minimum Gasteiger partial charge on any atom is -0.486 e. The number of benzene rings is 2. The Morgan fingerprint density at radius 1 is 1.06 bits per heavy atom. The van der Waals surface area contributed by atoms with E-state index in [4.69, 9.17) is 4.74 Å². The third-order valence-corrected chi connectivity index (χ3v) is 5.59. The number of carbonyl (C=O) groups is 2. The number of hydrogen-bond donors (Lipinski definition) is 2. The number of hydrogen-bond acceptors (Lipinski definition) is 4. The van der Waals surface area contributed by atoms with Crippen molar-refractivity contribution >= 4 is 11.8 Å². The minimum atomic E-state index is -0.763. The Labute approximate surface area is 185 Å². The Bertz CT molecular complexity index is 1110. The molecule has 2 aromatic carbocycles. The molecule has 0 unspecified atom stereocenters. The number of alkyl halides is 1. The van der Waals surface area contributed by atoms with Crippen LogP contribution < -0.4 is 15.4 Å². The van der Waals surface area contributed by atoms with Crippen LogP contribution in [0.3, 0.4) is 0 Å². The highest BCUT2D eigenvalue weighted by Gasteiger charge is 2.39. The second kappa shape index (κ2) is 9.60. The van der Waals surface area contributed by atoms with Crippen LogP contribution in [0.4, 0.5) is 4.39 Å². The molecule has 0 bridgehead atoms. The van der Waals surface area contributed by atoms with Gasteiger partial charge in [0, 0.05) is 37.1 Å². The Kier molecular flexibility index (Phi) is 6.44. The van der Waals surface area contributed by atoms with Crippen molar-refractivity contribution in [2.75, 3.05) is 20.3 Å². The summed E-state index contributed by atoms with van der Waals surface area (Å²) in [5.74, 6) is -0.778. The van der Waals surface area contributed by atoms with Crippen molar-refractivity contribution in [2.45, 2.75) is 18.4 Å². The predicted octanol–water partition coefficient (Wildman–Crippen LogP) is 3.28. The van der Waals surface area contributed by atoms with Gasteiger partial charge in [-0.2, -0.15) is 0 Å². The number of fused-ring (bicyclic) bond motifs is 1. The van der Waals surface area contributed by atoms with Gasteiger partial charge in [-0.3, -0.25) is 14.6 Å². The van der Waals surface area contributed by atoms with Crippen molar-refractivity contribution < 1.29 is 18.7 Å². The summed E-state index contributed by atoms with van der Waals surface area (Å²) >= 11 is 0. The van der Waals surface area contributed by atoms with Crippen LogP contribution in [-0.4, -0.2) is 43.2 Å². The summed E-state index contributed by atoms with van der Waals surface area (Å²) in [4.78, 5) is 29.5. The maximum atomic E-state index is 13.9. The van der Waals surface area contributed by atoms with Gasteiger partial charge in [0.1, 0.15) is 18.5 Å². The van der Waals surface area contributed by atoms with Gasteiger partial charge in [0.15, 0.2) is 0 Å². The van der Waals surface area contributed by atoms with Gasteiger partial charge >= 0.3 is 0 Å². The van der Waals surface area contributed by atoms with Crippen LogP contribution in [0.2, 0.25) is 0 Å². The lowest BCUT2D eigenvalue weighted by molar-refractivity contribution is 0.0954. The van der Waals surface area contributed by atoms with Gasteiger partial charge in [-0.1, -0.05) is 30.3 Å². The highest BCUT2D eigenvalue weighted by molar-refractivity contribution is 6.02. The van der Waals surface area contributed by atoms with E-state index < -0.39 is 18.7 Å². The molecule has 7 heteroatoms. The molecule has 0 saturated carbocycles.